The van der Waals surface area contributed by atoms with Crippen molar-refractivity contribution in [1.82, 2.24) is 0 Å². The van der Waals surface area contributed by atoms with Crippen LogP contribution < -0.4 is 4.90 Å². The second-order valence-electron chi connectivity index (χ2n) is 4.32. The van der Waals surface area contributed by atoms with Gasteiger partial charge in [-0.25, -0.2) is 9.18 Å². The molecule has 1 aromatic carbocycles. The number of benzene rings is 1. The summed E-state index contributed by atoms with van der Waals surface area (Å²) in [5, 5.41) is 9.07. The van der Waals surface area contributed by atoms with Crippen LogP contribution in [0, 0.1) is 5.82 Å². The summed E-state index contributed by atoms with van der Waals surface area (Å²) >= 11 is 0. The van der Waals surface area contributed by atoms with Crippen molar-refractivity contribution in [2.75, 3.05) is 11.4 Å². The summed E-state index contributed by atoms with van der Waals surface area (Å²) in [6, 6.07) is 3.50. The van der Waals surface area contributed by atoms with E-state index in [0.29, 0.717) is 13.0 Å². The van der Waals surface area contributed by atoms with Gasteiger partial charge >= 0.3 is 5.97 Å². The standard InChI is InChI=1S/C13H14FNO3/c14-9-5-6-11(10(8-9)13(17)18)15-7-3-1-2-4-12(15)16/h5-6,8H,1-4,7H2,(H,17,18). The zero-order valence-electron chi connectivity index (χ0n) is 9.86. The van der Waals surface area contributed by atoms with Gasteiger partial charge in [-0.05, 0) is 31.0 Å². The van der Waals surface area contributed by atoms with Gasteiger partial charge in [0.15, 0.2) is 0 Å². The lowest BCUT2D eigenvalue weighted by Crippen LogP contribution is -2.31. The normalized spacial score (nSPS) is 16.5. The summed E-state index contributed by atoms with van der Waals surface area (Å²) in [4.78, 5) is 24.5. The average molecular weight is 251 g/mol. The number of carboxylic acid groups (broad SMARTS) is 1. The first-order valence-corrected chi connectivity index (χ1v) is 5.93. The Morgan fingerprint density at radius 1 is 1.28 bits per heavy atom. The van der Waals surface area contributed by atoms with E-state index < -0.39 is 11.8 Å². The molecule has 4 nitrogen and oxygen atoms in total. The number of anilines is 1. The summed E-state index contributed by atoms with van der Waals surface area (Å²) in [5.41, 5.74) is 0.126. The SMILES string of the molecule is O=C(O)c1cc(F)ccc1N1CCCCCC1=O. The fourth-order valence-electron chi connectivity index (χ4n) is 2.15. The summed E-state index contributed by atoms with van der Waals surface area (Å²) in [6.45, 7) is 0.491. The highest BCUT2D eigenvalue weighted by Crippen LogP contribution is 2.25. The number of carboxylic acids is 1. The minimum absolute atomic E-state index is 0.0957. The van der Waals surface area contributed by atoms with Gasteiger partial charge in [0, 0.05) is 13.0 Å². The molecule has 0 atom stereocenters. The monoisotopic (exact) mass is 251 g/mol. The van der Waals surface area contributed by atoms with Crippen LogP contribution in [-0.2, 0) is 4.79 Å². The number of hydrogen-bond acceptors (Lipinski definition) is 2. The Morgan fingerprint density at radius 3 is 2.78 bits per heavy atom. The van der Waals surface area contributed by atoms with E-state index in [2.05, 4.69) is 0 Å². The molecule has 0 radical (unpaired) electrons. The van der Waals surface area contributed by atoms with Crippen LogP contribution in [0.25, 0.3) is 0 Å². The van der Waals surface area contributed by atoms with Crippen LogP contribution in [0.15, 0.2) is 18.2 Å². The predicted molar refractivity (Wildman–Crippen MR) is 64.2 cm³/mol. The number of amides is 1. The third-order valence-electron chi connectivity index (χ3n) is 3.05. The molecule has 1 aliphatic rings. The zero-order chi connectivity index (χ0) is 13.1. The van der Waals surface area contributed by atoms with Gasteiger partial charge < -0.3 is 10.0 Å². The fourth-order valence-corrected chi connectivity index (χ4v) is 2.15. The molecule has 1 aliphatic heterocycles. The molecular formula is C13H14FNO3. The molecule has 1 aromatic rings. The van der Waals surface area contributed by atoms with Gasteiger partial charge in [0.1, 0.15) is 5.82 Å². The van der Waals surface area contributed by atoms with Crippen molar-refractivity contribution in [3.8, 4) is 0 Å². The number of halogens is 1. The summed E-state index contributed by atoms with van der Waals surface area (Å²) in [7, 11) is 0. The average Bonchev–Trinajstić information content (AvgIpc) is 2.54. The van der Waals surface area contributed by atoms with Crippen LogP contribution >= 0.6 is 0 Å². The Kier molecular flexibility index (Phi) is 3.60. The van der Waals surface area contributed by atoms with Crippen molar-refractivity contribution >= 4 is 17.6 Å². The molecule has 1 saturated heterocycles. The van der Waals surface area contributed by atoms with Crippen LogP contribution in [0.3, 0.4) is 0 Å². The number of aromatic carboxylic acids is 1. The summed E-state index contributed by atoms with van der Waals surface area (Å²) in [6.07, 6.45) is 3.02. The predicted octanol–water partition coefficient (Wildman–Crippen LogP) is 2.43. The molecule has 0 aromatic heterocycles. The molecule has 0 spiro atoms. The number of hydrogen-bond donors (Lipinski definition) is 1. The van der Waals surface area contributed by atoms with Crippen LogP contribution in [0.4, 0.5) is 10.1 Å². The maximum absolute atomic E-state index is 13.1. The maximum atomic E-state index is 13.1. The lowest BCUT2D eigenvalue weighted by molar-refractivity contribution is -0.118. The van der Waals surface area contributed by atoms with Gasteiger partial charge in [0.05, 0.1) is 11.3 Å². The van der Waals surface area contributed by atoms with Gasteiger partial charge in [0.25, 0.3) is 0 Å². The van der Waals surface area contributed by atoms with Crippen LogP contribution in [0.5, 0.6) is 0 Å². The third kappa shape index (κ3) is 2.50. The second kappa shape index (κ2) is 5.16. The van der Waals surface area contributed by atoms with Crippen molar-refractivity contribution < 1.29 is 19.1 Å². The van der Waals surface area contributed by atoms with E-state index in [1.165, 1.54) is 17.0 Å². The molecule has 1 fully saturated rings. The third-order valence-corrected chi connectivity index (χ3v) is 3.05. The molecule has 0 saturated carbocycles. The molecule has 18 heavy (non-hydrogen) atoms. The molecule has 2 rings (SSSR count). The zero-order valence-corrected chi connectivity index (χ0v) is 9.86. The molecule has 0 unspecified atom stereocenters. The Morgan fingerprint density at radius 2 is 2.06 bits per heavy atom. The van der Waals surface area contributed by atoms with Crippen LogP contribution in [0.1, 0.15) is 36.0 Å². The van der Waals surface area contributed by atoms with Gasteiger partial charge in [-0.2, -0.15) is 0 Å². The van der Waals surface area contributed by atoms with E-state index in [0.717, 1.165) is 25.3 Å². The number of carbonyl (C=O) groups is 2. The number of nitrogens with zero attached hydrogens (tertiary/aromatic N) is 1. The van der Waals surface area contributed by atoms with E-state index in [4.69, 9.17) is 5.11 Å². The van der Waals surface area contributed by atoms with Crippen molar-refractivity contribution in [3.63, 3.8) is 0 Å². The Labute approximate surface area is 104 Å². The lowest BCUT2D eigenvalue weighted by Gasteiger charge is -2.22. The molecule has 1 N–H and O–H groups in total. The molecule has 1 amide bonds. The highest BCUT2D eigenvalue weighted by Gasteiger charge is 2.23. The van der Waals surface area contributed by atoms with E-state index in [1.54, 1.807) is 0 Å². The van der Waals surface area contributed by atoms with Gasteiger partial charge in [-0.15, -0.1) is 0 Å². The lowest BCUT2D eigenvalue weighted by atomic mass is 10.1. The number of carbonyl (C=O) groups excluding carboxylic acids is 1. The van der Waals surface area contributed by atoms with Crippen LogP contribution in [-0.4, -0.2) is 23.5 Å². The van der Waals surface area contributed by atoms with Crippen molar-refractivity contribution in [2.24, 2.45) is 0 Å². The molecular weight excluding hydrogens is 237 g/mol. The van der Waals surface area contributed by atoms with Crippen LogP contribution in [0.2, 0.25) is 0 Å². The van der Waals surface area contributed by atoms with Crippen molar-refractivity contribution in [3.05, 3.63) is 29.6 Å². The molecule has 96 valence electrons. The maximum Gasteiger partial charge on any atom is 0.337 e. The Bertz CT molecular complexity index is 487. The van der Waals surface area contributed by atoms with Gasteiger partial charge in [-0.3, -0.25) is 4.79 Å². The van der Waals surface area contributed by atoms with Gasteiger partial charge in [0.2, 0.25) is 5.91 Å². The fraction of sp³-hybridized carbons (Fsp3) is 0.385. The highest BCUT2D eigenvalue weighted by atomic mass is 19.1. The van der Waals surface area contributed by atoms with E-state index in [1.807, 2.05) is 0 Å². The van der Waals surface area contributed by atoms with Gasteiger partial charge in [-0.1, -0.05) is 6.42 Å². The van der Waals surface area contributed by atoms with Crippen molar-refractivity contribution in [1.29, 1.82) is 0 Å². The minimum Gasteiger partial charge on any atom is -0.478 e. The minimum atomic E-state index is -1.22. The quantitative estimate of drug-likeness (QED) is 0.878. The summed E-state index contributed by atoms with van der Waals surface area (Å²) < 4.78 is 13.1. The largest absolute Gasteiger partial charge is 0.478 e. The smallest absolute Gasteiger partial charge is 0.337 e. The first-order chi connectivity index (χ1) is 8.59. The second-order valence-corrected chi connectivity index (χ2v) is 4.32. The highest BCUT2D eigenvalue weighted by molar-refractivity contribution is 6.02. The molecule has 1 heterocycles. The Hall–Kier alpha value is -1.91. The van der Waals surface area contributed by atoms with E-state index in [9.17, 15) is 14.0 Å². The van der Waals surface area contributed by atoms with Crippen molar-refractivity contribution in [2.45, 2.75) is 25.7 Å². The topological polar surface area (TPSA) is 57.6 Å². The summed E-state index contributed by atoms with van der Waals surface area (Å²) in [5.74, 6) is -1.93. The van der Waals surface area contributed by atoms with E-state index in [-0.39, 0.29) is 17.2 Å². The Balaban J connectivity index is 2.42. The van der Waals surface area contributed by atoms with E-state index >= 15 is 0 Å². The molecule has 5 heteroatoms. The first kappa shape index (κ1) is 12.5. The molecule has 0 bridgehead atoms. The molecule has 0 aliphatic carbocycles. The first-order valence-electron chi connectivity index (χ1n) is 5.93. The number of rotatable bonds is 2.